The van der Waals surface area contributed by atoms with Crippen molar-refractivity contribution < 1.29 is 18.3 Å². The Kier molecular flexibility index (Phi) is 7.95. The summed E-state index contributed by atoms with van der Waals surface area (Å²) in [5, 5.41) is 17.3. The number of halogens is 2. The van der Waals surface area contributed by atoms with E-state index in [1.54, 1.807) is 6.08 Å². The summed E-state index contributed by atoms with van der Waals surface area (Å²) >= 11 is 0. The first-order chi connectivity index (χ1) is 15.0. The van der Waals surface area contributed by atoms with E-state index < -0.39 is 11.6 Å². The van der Waals surface area contributed by atoms with E-state index in [9.17, 15) is 13.6 Å². The van der Waals surface area contributed by atoms with Crippen LogP contribution in [-0.4, -0.2) is 12.1 Å². The fourth-order valence-electron chi connectivity index (χ4n) is 4.53. The molecule has 3 rings (SSSR count). The highest BCUT2D eigenvalue weighted by molar-refractivity contribution is 5.72. The lowest BCUT2D eigenvalue weighted by Crippen LogP contribution is -2.29. The molecule has 0 unspecified atom stereocenters. The van der Waals surface area contributed by atoms with E-state index in [1.165, 1.54) is 18.2 Å². The Morgan fingerprint density at radius 1 is 1.06 bits per heavy atom. The SMILES string of the molecule is N#CC(F)=CC=C[C@H]1CC[C@H](C(=O)O[C@H]2CC[C@H](c3ccc(C#N)c(F)c3)CC2)CC1. The number of nitriles is 2. The molecule has 0 amide bonds. The molecule has 0 N–H and O–H groups in total. The van der Waals surface area contributed by atoms with Crippen molar-refractivity contribution in [1.29, 1.82) is 10.5 Å². The monoisotopic (exact) mass is 424 g/mol. The fraction of sp³-hybridized carbons (Fsp3) is 0.480. The van der Waals surface area contributed by atoms with Gasteiger partial charge in [0, 0.05) is 0 Å². The molecule has 31 heavy (non-hydrogen) atoms. The summed E-state index contributed by atoms with van der Waals surface area (Å²) in [6.07, 6.45) is 10.9. The second-order valence-corrected chi connectivity index (χ2v) is 8.38. The highest BCUT2D eigenvalue weighted by Gasteiger charge is 2.30. The van der Waals surface area contributed by atoms with Crippen molar-refractivity contribution in [2.24, 2.45) is 11.8 Å². The van der Waals surface area contributed by atoms with E-state index in [0.717, 1.165) is 63.0 Å². The third-order valence-corrected chi connectivity index (χ3v) is 6.38. The number of nitrogens with zero attached hydrogens (tertiary/aromatic N) is 2. The lowest BCUT2D eigenvalue weighted by atomic mass is 9.81. The Balaban J connectivity index is 1.42. The van der Waals surface area contributed by atoms with Crippen molar-refractivity contribution in [1.82, 2.24) is 0 Å². The number of hydrogen-bond acceptors (Lipinski definition) is 4. The highest BCUT2D eigenvalue weighted by Crippen LogP contribution is 2.36. The average molecular weight is 424 g/mol. The zero-order valence-corrected chi connectivity index (χ0v) is 17.4. The lowest BCUT2D eigenvalue weighted by Gasteiger charge is -2.31. The average Bonchev–Trinajstić information content (AvgIpc) is 2.79. The number of allylic oxidation sites excluding steroid dienone is 4. The van der Waals surface area contributed by atoms with Gasteiger partial charge >= 0.3 is 5.97 Å². The Morgan fingerprint density at radius 2 is 1.77 bits per heavy atom. The zero-order chi connectivity index (χ0) is 22.2. The number of carbonyl (C=O) groups excluding carboxylic acids is 1. The van der Waals surface area contributed by atoms with Gasteiger partial charge in [0.25, 0.3) is 0 Å². The summed E-state index contributed by atoms with van der Waals surface area (Å²) in [7, 11) is 0. The maximum absolute atomic E-state index is 13.9. The van der Waals surface area contributed by atoms with Gasteiger partial charge < -0.3 is 4.74 Å². The zero-order valence-electron chi connectivity index (χ0n) is 17.4. The highest BCUT2D eigenvalue weighted by atomic mass is 19.1. The Labute approximate surface area is 181 Å². The Bertz CT molecular complexity index is 926. The van der Waals surface area contributed by atoms with Gasteiger partial charge in [0.2, 0.25) is 0 Å². The second-order valence-electron chi connectivity index (χ2n) is 8.38. The van der Waals surface area contributed by atoms with Gasteiger partial charge in [-0.3, -0.25) is 4.79 Å². The number of benzene rings is 1. The Morgan fingerprint density at radius 3 is 2.39 bits per heavy atom. The molecular formula is C25H26F2N2O2. The van der Waals surface area contributed by atoms with Crippen molar-refractivity contribution in [2.45, 2.75) is 63.4 Å². The van der Waals surface area contributed by atoms with Gasteiger partial charge in [0.05, 0.1) is 11.5 Å². The molecule has 0 radical (unpaired) electrons. The predicted molar refractivity (Wildman–Crippen MR) is 112 cm³/mol. The van der Waals surface area contributed by atoms with E-state index >= 15 is 0 Å². The quantitative estimate of drug-likeness (QED) is 0.330. The van der Waals surface area contributed by atoms with Crippen LogP contribution in [0.5, 0.6) is 0 Å². The molecule has 0 bridgehead atoms. The molecule has 2 fully saturated rings. The smallest absolute Gasteiger partial charge is 0.309 e. The number of rotatable bonds is 5. The molecule has 2 saturated carbocycles. The normalized spacial score (nSPS) is 26.8. The van der Waals surface area contributed by atoms with Crippen molar-refractivity contribution in [3.63, 3.8) is 0 Å². The van der Waals surface area contributed by atoms with Crippen LogP contribution in [0.25, 0.3) is 0 Å². The van der Waals surface area contributed by atoms with Crippen LogP contribution < -0.4 is 0 Å². The summed E-state index contributed by atoms with van der Waals surface area (Å²) in [6, 6.07) is 8.07. The number of esters is 1. The van der Waals surface area contributed by atoms with Gasteiger partial charge in [-0.05, 0) is 87.0 Å². The van der Waals surface area contributed by atoms with Crippen LogP contribution >= 0.6 is 0 Å². The largest absolute Gasteiger partial charge is 0.462 e. The third kappa shape index (κ3) is 6.25. The molecule has 0 spiro atoms. The van der Waals surface area contributed by atoms with Gasteiger partial charge in [-0.25, -0.2) is 4.39 Å². The third-order valence-electron chi connectivity index (χ3n) is 6.38. The van der Waals surface area contributed by atoms with Gasteiger partial charge in [0.1, 0.15) is 24.1 Å². The molecule has 0 heterocycles. The summed E-state index contributed by atoms with van der Waals surface area (Å²) in [5.41, 5.74) is 0.958. The van der Waals surface area contributed by atoms with Crippen LogP contribution in [0.15, 0.2) is 42.3 Å². The summed E-state index contributed by atoms with van der Waals surface area (Å²) in [5.74, 6) is -1.01. The molecule has 1 aromatic rings. The standard InChI is InChI=1S/C25H26F2N2O2/c26-22(16-29)3-1-2-17-4-6-19(7-5-17)25(30)31-23-12-10-18(11-13-23)20-8-9-21(15-28)24(27)14-20/h1-3,8-9,14,17-19,23H,4-7,10-13H2/t17-,18-,19-,23-. The van der Waals surface area contributed by atoms with Crippen LogP contribution in [0.4, 0.5) is 8.78 Å². The molecule has 0 saturated heterocycles. The Hall–Kier alpha value is -2.99. The van der Waals surface area contributed by atoms with Crippen molar-refractivity contribution in [3.8, 4) is 12.1 Å². The van der Waals surface area contributed by atoms with E-state index in [2.05, 4.69) is 0 Å². The number of ether oxygens (including phenoxy) is 1. The van der Waals surface area contributed by atoms with E-state index in [-0.39, 0.29) is 35.4 Å². The lowest BCUT2D eigenvalue weighted by molar-refractivity contribution is -0.157. The summed E-state index contributed by atoms with van der Waals surface area (Å²) in [6.45, 7) is 0. The summed E-state index contributed by atoms with van der Waals surface area (Å²) < 4.78 is 32.5. The van der Waals surface area contributed by atoms with E-state index in [1.807, 2.05) is 18.2 Å². The van der Waals surface area contributed by atoms with Crippen LogP contribution in [0.3, 0.4) is 0 Å². The first-order valence-electron chi connectivity index (χ1n) is 10.8. The van der Waals surface area contributed by atoms with Crippen molar-refractivity contribution in [2.75, 3.05) is 0 Å². The molecule has 2 aliphatic carbocycles. The predicted octanol–water partition coefficient (Wildman–Crippen LogP) is 6.01. The van der Waals surface area contributed by atoms with Crippen LogP contribution in [0.2, 0.25) is 0 Å². The summed E-state index contributed by atoms with van der Waals surface area (Å²) in [4.78, 5) is 12.6. The molecule has 162 valence electrons. The minimum atomic E-state index is -0.812. The maximum Gasteiger partial charge on any atom is 0.309 e. The first-order valence-corrected chi connectivity index (χ1v) is 10.8. The molecule has 4 nitrogen and oxygen atoms in total. The van der Waals surface area contributed by atoms with E-state index in [0.29, 0.717) is 0 Å². The maximum atomic E-state index is 13.9. The second kappa shape index (κ2) is 10.9. The van der Waals surface area contributed by atoms with Gasteiger partial charge in [-0.15, -0.1) is 0 Å². The van der Waals surface area contributed by atoms with Crippen LogP contribution in [0, 0.1) is 40.3 Å². The van der Waals surface area contributed by atoms with Gasteiger partial charge in [0.15, 0.2) is 5.83 Å². The fourth-order valence-corrected chi connectivity index (χ4v) is 4.53. The van der Waals surface area contributed by atoms with Crippen molar-refractivity contribution in [3.05, 3.63) is 59.2 Å². The number of hydrogen-bond donors (Lipinski definition) is 0. The molecule has 0 aliphatic heterocycles. The molecule has 0 aromatic heterocycles. The molecule has 0 atom stereocenters. The molecular weight excluding hydrogens is 398 g/mol. The van der Waals surface area contributed by atoms with Crippen molar-refractivity contribution >= 4 is 5.97 Å². The van der Waals surface area contributed by atoms with Crippen LogP contribution in [0.1, 0.15) is 68.4 Å². The molecule has 2 aliphatic rings. The topological polar surface area (TPSA) is 73.9 Å². The first kappa shape index (κ1) is 22.7. The minimum absolute atomic E-state index is 0.0578. The number of carbonyl (C=O) groups is 1. The molecule has 6 heteroatoms. The minimum Gasteiger partial charge on any atom is -0.462 e. The van der Waals surface area contributed by atoms with E-state index in [4.69, 9.17) is 15.3 Å². The van der Waals surface area contributed by atoms with Gasteiger partial charge in [-0.2, -0.15) is 14.9 Å². The van der Waals surface area contributed by atoms with Crippen LogP contribution in [-0.2, 0) is 9.53 Å². The molecule has 1 aromatic carbocycles. The van der Waals surface area contributed by atoms with Gasteiger partial charge in [-0.1, -0.05) is 18.2 Å².